The van der Waals surface area contributed by atoms with Crippen molar-refractivity contribution in [1.29, 1.82) is 0 Å². The topological polar surface area (TPSA) is 77.9 Å². The number of nitrogens with zero attached hydrogens (tertiary/aromatic N) is 2. The lowest BCUT2D eigenvalue weighted by atomic mass is 9.96. The van der Waals surface area contributed by atoms with Crippen LogP contribution in [0.4, 0.5) is 0 Å². The molecule has 1 saturated heterocycles. The second-order valence-electron chi connectivity index (χ2n) is 5.71. The van der Waals surface area contributed by atoms with E-state index in [1.54, 1.807) is 9.80 Å². The van der Waals surface area contributed by atoms with E-state index in [2.05, 4.69) is 0 Å². The number of carbonyl (C=O) groups excluding carboxylic acids is 2. The van der Waals surface area contributed by atoms with Crippen LogP contribution in [-0.4, -0.2) is 58.4 Å². The van der Waals surface area contributed by atoms with Crippen LogP contribution in [-0.2, 0) is 14.4 Å². The Balaban J connectivity index is 1.96. The minimum Gasteiger partial charge on any atom is -0.481 e. The maximum Gasteiger partial charge on any atom is 0.305 e. The van der Waals surface area contributed by atoms with Gasteiger partial charge < -0.3 is 14.9 Å². The van der Waals surface area contributed by atoms with Crippen LogP contribution < -0.4 is 0 Å². The van der Waals surface area contributed by atoms with Crippen molar-refractivity contribution >= 4 is 17.8 Å². The monoisotopic (exact) mass is 282 g/mol. The molecule has 1 unspecified atom stereocenters. The fraction of sp³-hybridized carbons (Fsp3) is 0.786. The molecule has 0 spiro atoms. The molecule has 0 aromatic heterocycles. The molecule has 0 bridgehead atoms. The quantitative estimate of drug-likeness (QED) is 0.805. The number of amides is 2. The lowest BCUT2D eigenvalue weighted by molar-refractivity contribution is -0.142. The molecule has 2 fully saturated rings. The zero-order valence-electron chi connectivity index (χ0n) is 11.9. The van der Waals surface area contributed by atoms with Gasteiger partial charge in [-0.1, -0.05) is 0 Å². The third-order valence-electron chi connectivity index (χ3n) is 4.05. The molecule has 2 amide bonds. The predicted octanol–water partition coefficient (Wildman–Crippen LogP) is 0.711. The van der Waals surface area contributed by atoms with Gasteiger partial charge in [0.05, 0.1) is 12.3 Å². The average molecular weight is 282 g/mol. The number of carbonyl (C=O) groups is 3. The van der Waals surface area contributed by atoms with Crippen LogP contribution in [0.5, 0.6) is 0 Å². The number of hydrogen-bond acceptors (Lipinski definition) is 3. The zero-order valence-corrected chi connectivity index (χ0v) is 11.9. The standard InChI is InChI=1S/C14H22N2O4/c1-10(17)15-7-2-3-11(9-15)14(20)16(12-4-5-12)8-6-13(18)19/h11-12H,2-9H2,1H3,(H,18,19). The fourth-order valence-corrected chi connectivity index (χ4v) is 2.77. The molecular formula is C14H22N2O4. The molecule has 6 heteroatoms. The molecule has 1 atom stereocenters. The smallest absolute Gasteiger partial charge is 0.305 e. The normalized spacial score (nSPS) is 22.4. The summed E-state index contributed by atoms with van der Waals surface area (Å²) in [6.45, 7) is 3.01. The van der Waals surface area contributed by atoms with Crippen LogP contribution in [0.15, 0.2) is 0 Å². The summed E-state index contributed by atoms with van der Waals surface area (Å²) < 4.78 is 0. The second-order valence-corrected chi connectivity index (χ2v) is 5.71. The molecule has 1 aliphatic carbocycles. The molecule has 2 rings (SSSR count). The number of hydrogen-bond donors (Lipinski definition) is 1. The maximum absolute atomic E-state index is 12.6. The van der Waals surface area contributed by atoms with Gasteiger partial charge in [-0.2, -0.15) is 0 Å². The van der Waals surface area contributed by atoms with Gasteiger partial charge in [0.15, 0.2) is 0 Å². The molecule has 0 aromatic carbocycles. The van der Waals surface area contributed by atoms with E-state index in [9.17, 15) is 14.4 Å². The maximum atomic E-state index is 12.6. The molecule has 0 aromatic rings. The van der Waals surface area contributed by atoms with Crippen molar-refractivity contribution in [3.8, 4) is 0 Å². The number of rotatable bonds is 5. The van der Waals surface area contributed by atoms with Gasteiger partial charge in [-0.15, -0.1) is 0 Å². The van der Waals surface area contributed by atoms with Gasteiger partial charge in [0.1, 0.15) is 0 Å². The molecule has 112 valence electrons. The van der Waals surface area contributed by atoms with Crippen LogP contribution in [0.25, 0.3) is 0 Å². The lowest BCUT2D eigenvalue weighted by Crippen LogP contribution is -2.47. The summed E-state index contributed by atoms with van der Waals surface area (Å²) in [4.78, 5) is 38.1. The van der Waals surface area contributed by atoms with E-state index in [-0.39, 0.29) is 36.7 Å². The molecule has 2 aliphatic rings. The SMILES string of the molecule is CC(=O)N1CCCC(C(=O)N(CCC(=O)O)C2CC2)C1. The Kier molecular flexibility index (Phi) is 4.62. The van der Waals surface area contributed by atoms with Crippen molar-refractivity contribution in [2.24, 2.45) is 5.92 Å². The van der Waals surface area contributed by atoms with Gasteiger partial charge in [-0.05, 0) is 25.7 Å². The highest BCUT2D eigenvalue weighted by atomic mass is 16.4. The first-order valence-corrected chi connectivity index (χ1v) is 7.27. The Bertz CT molecular complexity index is 406. The first-order chi connectivity index (χ1) is 9.49. The fourth-order valence-electron chi connectivity index (χ4n) is 2.77. The molecule has 6 nitrogen and oxygen atoms in total. The van der Waals surface area contributed by atoms with E-state index in [0.717, 1.165) is 32.2 Å². The average Bonchev–Trinajstić information content (AvgIpc) is 3.23. The van der Waals surface area contributed by atoms with Crippen LogP contribution >= 0.6 is 0 Å². The van der Waals surface area contributed by atoms with E-state index in [1.807, 2.05) is 0 Å². The van der Waals surface area contributed by atoms with E-state index < -0.39 is 5.97 Å². The molecule has 20 heavy (non-hydrogen) atoms. The van der Waals surface area contributed by atoms with Gasteiger partial charge in [0.2, 0.25) is 11.8 Å². The first kappa shape index (κ1) is 14.8. The molecule has 1 N–H and O–H groups in total. The van der Waals surface area contributed by atoms with Gasteiger partial charge in [-0.3, -0.25) is 14.4 Å². The largest absolute Gasteiger partial charge is 0.481 e. The molecule has 0 radical (unpaired) electrons. The van der Waals surface area contributed by atoms with Gasteiger partial charge >= 0.3 is 5.97 Å². The number of likely N-dealkylation sites (tertiary alicyclic amines) is 1. The zero-order chi connectivity index (χ0) is 14.7. The van der Waals surface area contributed by atoms with Crippen molar-refractivity contribution in [2.45, 2.75) is 45.1 Å². The summed E-state index contributed by atoms with van der Waals surface area (Å²) in [5.41, 5.74) is 0. The molecule has 1 saturated carbocycles. The Morgan fingerprint density at radius 2 is 1.95 bits per heavy atom. The minimum atomic E-state index is -0.877. The summed E-state index contributed by atoms with van der Waals surface area (Å²) in [7, 11) is 0. The number of carboxylic acid groups (broad SMARTS) is 1. The van der Waals surface area contributed by atoms with Crippen LogP contribution in [0, 0.1) is 5.92 Å². The molecule has 1 aliphatic heterocycles. The van der Waals surface area contributed by atoms with E-state index in [0.29, 0.717) is 6.54 Å². The van der Waals surface area contributed by atoms with Gasteiger partial charge in [0, 0.05) is 32.6 Å². The Morgan fingerprint density at radius 3 is 2.50 bits per heavy atom. The number of piperidine rings is 1. The van der Waals surface area contributed by atoms with Crippen molar-refractivity contribution in [3.63, 3.8) is 0 Å². The third-order valence-corrected chi connectivity index (χ3v) is 4.05. The summed E-state index contributed by atoms with van der Waals surface area (Å²) in [6, 6.07) is 0.217. The van der Waals surface area contributed by atoms with Gasteiger partial charge in [-0.25, -0.2) is 0 Å². The van der Waals surface area contributed by atoms with E-state index in [4.69, 9.17) is 5.11 Å². The van der Waals surface area contributed by atoms with E-state index >= 15 is 0 Å². The minimum absolute atomic E-state index is 0.00556. The highest BCUT2D eigenvalue weighted by molar-refractivity contribution is 5.81. The summed E-state index contributed by atoms with van der Waals surface area (Å²) in [5, 5.41) is 8.78. The highest BCUT2D eigenvalue weighted by Crippen LogP contribution is 2.30. The first-order valence-electron chi connectivity index (χ1n) is 7.27. The molecular weight excluding hydrogens is 260 g/mol. The van der Waals surface area contributed by atoms with Crippen molar-refractivity contribution < 1.29 is 19.5 Å². The van der Waals surface area contributed by atoms with Crippen molar-refractivity contribution in [3.05, 3.63) is 0 Å². The number of aliphatic carboxylic acids is 1. The Morgan fingerprint density at radius 1 is 1.25 bits per heavy atom. The number of carboxylic acids is 1. The van der Waals surface area contributed by atoms with Gasteiger partial charge in [0.25, 0.3) is 0 Å². The van der Waals surface area contributed by atoms with E-state index in [1.165, 1.54) is 6.92 Å². The Labute approximate surface area is 118 Å². The van der Waals surface area contributed by atoms with Crippen molar-refractivity contribution in [2.75, 3.05) is 19.6 Å². The lowest BCUT2D eigenvalue weighted by Gasteiger charge is -2.34. The summed E-state index contributed by atoms with van der Waals surface area (Å²) in [6.07, 6.45) is 3.56. The predicted molar refractivity (Wildman–Crippen MR) is 72.0 cm³/mol. The molecule has 1 heterocycles. The third kappa shape index (κ3) is 3.71. The highest BCUT2D eigenvalue weighted by Gasteiger charge is 2.37. The van der Waals surface area contributed by atoms with Crippen molar-refractivity contribution in [1.82, 2.24) is 9.80 Å². The second kappa shape index (κ2) is 6.24. The summed E-state index contributed by atoms with van der Waals surface area (Å²) in [5.74, 6) is -1.01. The van der Waals surface area contributed by atoms with Crippen LogP contribution in [0.2, 0.25) is 0 Å². The van der Waals surface area contributed by atoms with Crippen LogP contribution in [0.3, 0.4) is 0 Å². The Hall–Kier alpha value is -1.59. The summed E-state index contributed by atoms with van der Waals surface area (Å²) >= 11 is 0. The van der Waals surface area contributed by atoms with Crippen LogP contribution in [0.1, 0.15) is 39.0 Å².